The molecule has 0 amide bonds. The van der Waals surface area contributed by atoms with E-state index in [0.717, 1.165) is 28.2 Å². The minimum Gasteiger partial charge on any atom is -0.389 e. The van der Waals surface area contributed by atoms with E-state index in [9.17, 15) is 0 Å². The molecule has 0 spiro atoms. The molecule has 0 fully saturated rings. The lowest BCUT2D eigenvalue weighted by atomic mass is 10.1. The molecule has 2 rings (SSSR count). The fourth-order valence-electron chi connectivity index (χ4n) is 2.14. The van der Waals surface area contributed by atoms with Crippen LogP contribution in [0.15, 0.2) is 24.5 Å². The normalized spacial score (nSPS) is 10.3. The van der Waals surface area contributed by atoms with Crippen LogP contribution in [0.25, 0.3) is 0 Å². The highest BCUT2D eigenvalue weighted by Gasteiger charge is 2.11. The van der Waals surface area contributed by atoms with Gasteiger partial charge in [0.2, 0.25) is 0 Å². The van der Waals surface area contributed by atoms with Crippen molar-refractivity contribution in [2.24, 2.45) is 5.73 Å². The quantitative estimate of drug-likeness (QED) is 0.846. The van der Waals surface area contributed by atoms with Crippen LogP contribution in [-0.2, 0) is 6.54 Å². The summed E-state index contributed by atoms with van der Waals surface area (Å²) < 4.78 is 0. The number of anilines is 1. The van der Waals surface area contributed by atoms with E-state index in [2.05, 4.69) is 22.2 Å². The average Bonchev–Trinajstić information content (AvgIpc) is 2.36. The molecule has 5 heteroatoms. The molecule has 0 aromatic carbocycles. The number of aryl methyl sites for hydroxylation is 3. The standard InChI is InChI=1S/C15H18N4S/c1-9-4-5-17-7-12(9)8-18-15-13(14(16)20)10(2)6-11(3)19-15/h4-7H,8H2,1-3H3,(H2,16,20)(H,18,19). The Hall–Kier alpha value is -2.01. The predicted molar refractivity (Wildman–Crippen MR) is 85.9 cm³/mol. The second-order valence-corrected chi connectivity index (χ2v) is 5.26. The van der Waals surface area contributed by atoms with Crippen molar-refractivity contribution >= 4 is 23.0 Å². The van der Waals surface area contributed by atoms with Crippen molar-refractivity contribution < 1.29 is 0 Å². The molecule has 4 nitrogen and oxygen atoms in total. The molecule has 20 heavy (non-hydrogen) atoms. The number of pyridine rings is 2. The Morgan fingerprint density at radius 2 is 2.05 bits per heavy atom. The summed E-state index contributed by atoms with van der Waals surface area (Å²) in [6.07, 6.45) is 3.64. The van der Waals surface area contributed by atoms with Crippen LogP contribution in [0.4, 0.5) is 5.82 Å². The Balaban J connectivity index is 2.30. The Kier molecular flexibility index (Phi) is 4.29. The Bertz CT molecular complexity index is 652. The fourth-order valence-corrected chi connectivity index (χ4v) is 2.39. The number of hydrogen-bond donors (Lipinski definition) is 2. The number of nitrogens with zero attached hydrogens (tertiary/aromatic N) is 2. The SMILES string of the molecule is Cc1cc(C)c(C(N)=S)c(NCc2cnccc2C)n1. The molecular formula is C15H18N4S. The van der Waals surface area contributed by atoms with Crippen LogP contribution < -0.4 is 11.1 Å². The molecule has 2 aromatic heterocycles. The molecule has 0 saturated carbocycles. The maximum Gasteiger partial charge on any atom is 0.137 e. The maximum atomic E-state index is 5.80. The summed E-state index contributed by atoms with van der Waals surface area (Å²) in [6, 6.07) is 3.97. The molecule has 0 saturated heterocycles. The molecule has 0 radical (unpaired) electrons. The highest BCUT2D eigenvalue weighted by atomic mass is 32.1. The van der Waals surface area contributed by atoms with Crippen LogP contribution >= 0.6 is 12.2 Å². The summed E-state index contributed by atoms with van der Waals surface area (Å²) in [7, 11) is 0. The Morgan fingerprint density at radius 3 is 2.70 bits per heavy atom. The van der Waals surface area contributed by atoms with Gasteiger partial charge in [-0.15, -0.1) is 0 Å². The first kappa shape index (κ1) is 14.4. The highest BCUT2D eigenvalue weighted by molar-refractivity contribution is 7.80. The molecule has 104 valence electrons. The van der Waals surface area contributed by atoms with Crippen molar-refractivity contribution in [1.82, 2.24) is 9.97 Å². The van der Waals surface area contributed by atoms with Gasteiger partial charge in [0.05, 0.1) is 5.56 Å². The fraction of sp³-hybridized carbons (Fsp3) is 0.267. The third kappa shape index (κ3) is 3.11. The first-order valence-corrected chi connectivity index (χ1v) is 6.81. The van der Waals surface area contributed by atoms with Crippen LogP contribution in [0, 0.1) is 20.8 Å². The molecular weight excluding hydrogens is 268 g/mol. The minimum absolute atomic E-state index is 0.361. The number of nitrogens with two attached hydrogens (primary N) is 1. The summed E-state index contributed by atoms with van der Waals surface area (Å²) in [5.41, 5.74) is 10.9. The number of aromatic nitrogens is 2. The minimum atomic E-state index is 0.361. The van der Waals surface area contributed by atoms with E-state index in [4.69, 9.17) is 18.0 Å². The van der Waals surface area contributed by atoms with Crippen LogP contribution in [0.5, 0.6) is 0 Å². The molecule has 0 unspecified atom stereocenters. The van der Waals surface area contributed by atoms with E-state index in [1.807, 2.05) is 32.2 Å². The van der Waals surface area contributed by atoms with E-state index in [1.165, 1.54) is 5.56 Å². The van der Waals surface area contributed by atoms with Crippen molar-refractivity contribution in [2.75, 3.05) is 5.32 Å². The molecule has 0 aliphatic carbocycles. The zero-order valence-electron chi connectivity index (χ0n) is 11.9. The van der Waals surface area contributed by atoms with E-state index in [1.54, 1.807) is 6.20 Å². The molecule has 0 bridgehead atoms. The van der Waals surface area contributed by atoms with Gasteiger partial charge in [-0.2, -0.15) is 0 Å². The smallest absolute Gasteiger partial charge is 0.137 e. The second-order valence-electron chi connectivity index (χ2n) is 4.82. The Labute approximate surface area is 124 Å². The van der Waals surface area contributed by atoms with E-state index in [0.29, 0.717) is 11.5 Å². The molecule has 2 aromatic rings. The predicted octanol–water partition coefficient (Wildman–Crippen LogP) is 2.65. The van der Waals surface area contributed by atoms with Crippen molar-refractivity contribution in [3.8, 4) is 0 Å². The first-order chi connectivity index (χ1) is 9.49. The van der Waals surface area contributed by atoms with Gasteiger partial charge in [-0.25, -0.2) is 4.98 Å². The van der Waals surface area contributed by atoms with Crippen LogP contribution in [-0.4, -0.2) is 15.0 Å². The van der Waals surface area contributed by atoms with Gasteiger partial charge in [0.25, 0.3) is 0 Å². The van der Waals surface area contributed by atoms with Gasteiger partial charge in [0, 0.05) is 24.6 Å². The molecule has 0 atom stereocenters. The van der Waals surface area contributed by atoms with Crippen molar-refractivity contribution in [3.63, 3.8) is 0 Å². The number of nitrogens with one attached hydrogen (secondary N) is 1. The summed E-state index contributed by atoms with van der Waals surface area (Å²) in [5, 5.41) is 3.31. The lowest BCUT2D eigenvalue weighted by Crippen LogP contribution is -2.17. The van der Waals surface area contributed by atoms with Crippen molar-refractivity contribution in [1.29, 1.82) is 0 Å². The molecule has 2 heterocycles. The van der Waals surface area contributed by atoms with Crippen LogP contribution in [0.1, 0.15) is 27.9 Å². The van der Waals surface area contributed by atoms with Gasteiger partial charge in [0.15, 0.2) is 0 Å². The average molecular weight is 286 g/mol. The van der Waals surface area contributed by atoms with Crippen molar-refractivity contribution in [2.45, 2.75) is 27.3 Å². The van der Waals surface area contributed by atoms with Gasteiger partial charge < -0.3 is 11.1 Å². The first-order valence-electron chi connectivity index (χ1n) is 6.40. The third-order valence-corrected chi connectivity index (χ3v) is 3.39. The summed E-state index contributed by atoms with van der Waals surface area (Å²) in [6.45, 7) is 6.65. The van der Waals surface area contributed by atoms with Crippen molar-refractivity contribution in [3.05, 3.63) is 52.5 Å². The number of hydrogen-bond acceptors (Lipinski definition) is 4. The summed E-state index contributed by atoms with van der Waals surface area (Å²) in [4.78, 5) is 9.00. The lowest BCUT2D eigenvalue weighted by molar-refractivity contribution is 1.04. The largest absolute Gasteiger partial charge is 0.389 e. The lowest BCUT2D eigenvalue weighted by Gasteiger charge is -2.14. The Morgan fingerprint density at radius 1 is 1.30 bits per heavy atom. The molecule has 3 N–H and O–H groups in total. The van der Waals surface area contributed by atoms with E-state index >= 15 is 0 Å². The van der Waals surface area contributed by atoms with Gasteiger partial charge in [0.1, 0.15) is 10.8 Å². The molecule has 0 aliphatic heterocycles. The maximum absolute atomic E-state index is 5.80. The molecule has 0 aliphatic rings. The highest BCUT2D eigenvalue weighted by Crippen LogP contribution is 2.19. The van der Waals surface area contributed by atoms with Crippen LogP contribution in [0.2, 0.25) is 0 Å². The van der Waals surface area contributed by atoms with Gasteiger partial charge in [-0.1, -0.05) is 12.2 Å². The zero-order chi connectivity index (χ0) is 14.7. The number of rotatable bonds is 4. The van der Waals surface area contributed by atoms with E-state index < -0.39 is 0 Å². The second kappa shape index (κ2) is 5.96. The zero-order valence-corrected chi connectivity index (χ0v) is 12.7. The number of thiocarbonyl (C=S) groups is 1. The summed E-state index contributed by atoms with van der Waals surface area (Å²) in [5.74, 6) is 0.734. The van der Waals surface area contributed by atoms with Gasteiger partial charge in [-0.3, -0.25) is 4.98 Å². The van der Waals surface area contributed by atoms with Crippen LogP contribution in [0.3, 0.4) is 0 Å². The topological polar surface area (TPSA) is 63.8 Å². The van der Waals surface area contributed by atoms with E-state index in [-0.39, 0.29) is 0 Å². The third-order valence-electron chi connectivity index (χ3n) is 3.18. The van der Waals surface area contributed by atoms with Gasteiger partial charge in [-0.05, 0) is 49.6 Å². The summed E-state index contributed by atoms with van der Waals surface area (Å²) >= 11 is 5.12. The monoisotopic (exact) mass is 286 g/mol. The van der Waals surface area contributed by atoms with Gasteiger partial charge >= 0.3 is 0 Å².